The third kappa shape index (κ3) is 5.36. The van der Waals surface area contributed by atoms with Crippen molar-refractivity contribution in [3.05, 3.63) is 12.2 Å². The van der Waals surface area contributed by atoms with Gasteiger partial charge in [0.05, 0.1) is 12.6 Å². The minimum absolute atomic E-state index is 0.0844. The van der Waals surface area contributed by atoms with E-state index in [9.17, 15) is 0 Å². The maximum absolute atomic E-state index is 5.50. The van der Waals surface area contributed by atoms with Gasteiger partial charge in [-0.05, 0) is 13.8 Å². The lowest BCUT2D eigenvalue weighted by atomic mass is 10.3. The van der Waals surface area contributed by atoms with Crippen LogP contribution in [0.3, 0.4) is 0 Å². The van der Waals surface area contributed by atoms with Gasteiger partial charge in [-0.3, -0.25) is 0 Å². The lowest BCUT2D eigenvalue weighted by Crippen LogP contribution is -2.37. The topological polar surface area (TPSA) is 50.4 Å². The first-order valence-electron chi connectivity index (χ1n) is 3.73. The molecule has 0 amide bonds. The Morgan fingerprint density at radius 3 is 2.83 bits per heavy atom. The van der Waals surface area contributed by atoms with E-state index in [0.29, 0.717) is 12.5 Å². The van der Waals surface area contributed by atoms with Crippen molar-refractivity contribution < 1.29 is 0 Å². The largest absolute Gasteiger partial charge is 0.370 e. The number of nitrogens with one attached hydrogen (secondary N) is 1. The van der Waals surface area contributed by atoms with Crippen molar-refractivity contribution in [2.24, 2.45) is 10.7 Å². The highest BCUT2D eigenvalue weighted by molar-refractivity contribution is 5.78. The fraction of sp³-hybridized carbons (Fsp3) is 0.444. The summed E-state index contributed by atoms with van der Waals surface area (Å²) in [5.41, 5.74) is 6.47. The van der Waals surface area contributed by atoms with Crippen LogP contribution in [0.5, 0.6) is 0 Å². The number of aliphatic imine (C=N–C) groups is 1. The van der Waals surface area contributed by atoms with Crippen molar-refractivity contribution in [1.29, 1.82) is 0 Å². The fourth-order valence-corrected chi connectivity index (χ4v) is 0.529. The minimum Gasteiger partial charge on any atom is -0.370 e. The first-order valence-corrected chi connectivity index (χ1v) is 3.73. The number of guanidine groups is 1. The number of nitrogens with two attached hydrogens (primary N) is 1. The zero-order chi connectivity index (χ0) is 9.56. The van der Waals surface area contributed by atoms with E-state index in [1.54, 1.807) is 0 Å². The molecule has 0 bridgehead atoms. The number of terminal acetylenes is 1. The zero-order valence-electron chi connectivity index (χ0n) is 7.59. The lowest BCUT2D eigenvalue weighted by Gasteiger charge is -2.07. The molecule has 0 saturated carbocycles. The fourth-order valence-electron chi connectivity index (χ4n) is 0.529. The van der Waals surface area contributed by atoms with Crippen LogP contribution in [-0.4, -0.2) is 18.5 Å². The second-order valence-corrected chi connectivity index (χ2v) is 2.69. The van der Waals surface area contributed by atoms with Crippen LogP contribution in [0.15, 0.2) is 17.1 Å². The second kappa shape index (κ2) is 5.25. The molecule has 1 atom stereocenters. The third-order valence-electron chi connectivity index (χ3n) is 1.13. The maximum Gasteiger partial charge on any atom is 0.189 e. The van der Waals surface area contributed by atoms with Gasteiger partial charge in [0.25, 0.3) is 0 Å². The summed E-state index contributed by atoms with van der Waals surface area (Å²) in [5, 5.41) is 2.84. The molecule has 66 valence electrons. The molecule has 0 rings (SSSR count). The molecule has 12 heavy (non-hydrogen) atoms. The number of hydrogen-bond acceptors (Lipinski definition) is 1. The summed E-state index contributed by atoms with van der Waals surface area (Å²) < 4.78 is 0. The first kappa shape index (κ1) is 10.6. The van der Waals surface area contributed by atoms with Crippen molar-refractivity contribution in [1.82, 2.24) is 5.32 Å². The Hall–Kier alpha value is -1.43. The van der Waals surface area contributed by atoms with Crippen LogP contribution < -0.4 is 11.1 Å². The molecule has 0 aliphatic rings. The second-order valence-electron chi connectivity index (χ2n) is 2.69. The van der Waals surface area contributed by atoms with Crippen molar-refractivity contribution in [3.63, 3.8) is 0 Å². The lowest BCUT2D eigenvalue weighted by molar-refractivity contribution is 0.818. The molecule has 0 aliphatic carbocycles. The summed E-state index contributed by atoms with van der Waals surface area (Å²) in [6.45, 7) is 7.96. The molecule has 0 spiro atoms. The quantitative estimate of drug-likeness (QED) is 0.277. The van der Waals surface area contributed by atoms with Gasteiger partial charge in [-0.2, -0.15) is 0 Å². The van der Waals surface area contributed by atoms with E-state index in [2.05, 4.69) is 22.8 Å². The van der Waals surface area contributed by atoms with E-state index in [0.717, 1.165) is 5.57 Å². The van der Waals surface area contributed by atoms with Crippen LogP contribution in [0, 0.1) is 12.3 Å². The Morgan fingerprint density at radius 2 is 2.42 bits per heavy atom. The molecule has 3 N–H and O–H groups in total. The molecule has 3 nitrogen and oxygen atoms in total. The Balaban J connectivity index is 3.87. The summed E-state index contributed by atoms with van der Waals surface area (Å²) >= 11 is 0. The van der Waals surface area contributed by atoms with Gasteiger partial charge in [-0.25, -0.2) is 4.99 Å². The Kier molecular flexibility index (Phi) is 4.62. The normalized spacial score (nSPS) is 13.2. The van der Waals surface area contributed by atoms with E-state index in [1.807, 2.05) is 13.8 Å². The summed E-state index contributed by atoms with van der Waals surface area (Å²) in [4.78, 5) is 4.00. The Morgan fingerprint density at radius 1 is 1.83 bits per heavy atom. The number of nitrogens with zero attached hydrogens (tertiary/aromatic N) is 1. The summed E-state index contributed by atoms with van der Waals surface area (Å²) in [7, 11) is 0. The molecule has 0 aromatic carbocycles. The van der Waals surface area contributed by atoms with Crippen molar-refractivity contribution in [3.8, 4) is 12.3 Å². The van der Waals surface area contributed by atoms with E-state index in [-0.39, 0.29) is 6.04 Å². The van der Waals surface area contributed by atoms with Crippen LogP contribution in [0.2, 0.25) is 0 Å². The highest BCUT2D eigenvalue weighted by Crippen LogP contribution is 1.86. The molecule has 0 fully saturated rings. The van der Waals surface area contributed by atoms with Crippen LogP contribution in [-0.2, 0) is 0 Å². The molecular formula is C9H15N3. The van der Waals surface area contributed by atoms with Crippen LogP contribution in [0.4, 0.5) is 0 Å². The van der Waals surface area contributed by atoms with Crippen molar-refractivity contribution in [2.75, 3.05) is 6.54 Å². The summed E-state index contributed by atoms with van der Waals surface area (Å²) in [5.74, 6) is 2.85. The standard InChI is InChI=1S/C9H15N3/c1-5-8(4)12-9(10)11-6-7(2)3/h1,8H,2,6H2,3-4H3,(H3,10,11,12). The monoisotopic (exact) mass is 165 g/mol. The van der Waals surface area contributed by atoms with E-state index in [4.69, 9.17) is 12.2 Å². The molecule has 0 aromatic rings. The predicted octanol–water partition coefficient (Wildman–Crippen LogP) is 0.489. The van der Waals surface area contributed by atoms with Gasteiger partial charge in [0.2, 0.25) is 0 Å². The van der Waals surface area contributed by atoms with Gasteiger partial charge in [-0.1, -0.05) is 18.1 Å². The molecule has 1 unspecified atom stereocenters. The average Bonchev–Trinajstić information content (AvgIpc) is 2.00. The molecule has 0 saturated heterocycles. The van der Waals surface area contributed by atoms with Gasteiger partial charge in [0, 0.05) is 0 Å². The molecule has 0 aromatic heterocycles. The number of rotatable bonds is 3. The van der Waals surface area contributed by atoms with Gasteiger partial charge >= 0.3 is 0 Å². The zero-order valence-corrected chi connectivity index (χ0v) is 7.59. The molecular weight excluding hydrogens is 150 g/mol. The van der Waals surface area contributed by atoms with Gasteiger partial charge in [-0.15, -0.1) is 6.42 Å². The first-order chi connectivity index (χ1) is 5.56. The molecule has 0 heterocycles. The average molecular weight is 165 g/mol. The SMILES string of the molecule is C#CC(C)NC(N)=NCC(=C)C. The predicted molar refractivity (Wildman–Crippen MR) is 52.7 cm³/mol. The van der Waals surface area contributed by atoms with E-state index in [1.165, 1.54) is 0 Å². The van der Waals surface area contributed by atoms with Crippen LogP contribution in [0.25, 0.3) is 0 Å². The van der Waals surface area contributed by atoms with Crippen LogP contribution in [0.1, 0.15) is 13.8 Å². The number of hydrogen-bond donors (Lipinski definition) is 2. The molecule has 3 heteroatoms. The smallest absolute Gasteiger partial charge is 0.189 e. The summed E-state index contributed by atoms with van der Waals surface area (Å²) in [6, 6.07) is -0.0844. The molecule has 0 radical (unpaired) electrons. The highest BCUT2D eigenvalue weighted by Gasteiger charge is 1.95. The highest BCUT2D eigenvalue weighted by atomic mass is 15.1. The Bertz CT molecular complexity index is 222. The van der Waals surface area contributed by atoms with Crippen LogP contribution >= 0.6 is 0 Å². The van der Waals surface area contributed by atoms with Gasteiger partial charge < -0.3 is 11.1 Å². The van der Waals surface area contributed by atoms with E-state index >= 15 is 0 Å². The van der Waals surface area contributed by atoms with Gasteiger partial charge in [0.1, 0.15) is 0 Å². The third-order valence-corrected chi connectivity index (χ3v) is 1.13. The molecule has 0 aliphatic heterocycles. The van der Waals surface area contributed by atoms with Gasteiger partial charge in [0.15, 0.2) is 5.96 Å². The summed E-state index contributed by atoms with van der Waals surface area (Å²) in [6.07, 6.45) is 5.14. The van der Waals surface area contributed by atoms with Crippen molar-refractivity contribution in [2.45, 2.75) is 19.9 Å². The minimum atomic E-state index is -0.0844. The van der Waals surface area contributed by atoms with E-state index < -0.39 is 0 Å². The van der Waals surface area contributed by atoms with Crippen molar-refractivity contribution >= 4 is 5.96 Å². The maximum atomic E-state index is 5.50. The Labute approximate surface area is 73.8 Å².